The maximum Gasteiger partial charge on any atom is 0.274 e. The van der Waals surface area contributed by atoms with Crippen LogP contribution in [0.2, 0.25) is 0 Å². The van der Waals surface area contributed by atoms with E-state index in [-0.39, 0.29) is 41.6 Å². The molecule has 0 unspecified atom stereocenters. The molecule has 9 heteroatoms. The van der Waals surface area contributed by atoms with Crippen LogP contribution in [-0.4, -0.2) is 41.7 Å². The summed E-state index contributed by atoms with van der Waals surface area (Å²) in [6.45, 7) is 2.49. The van der Waals surface area contributed by atoms with Crippen LogP contribution in [0, 0.1) is 6.92 Å². The Kier molecular flexibility index (Phi) is 5.29. The second-order valence-corrected chi connectivity index (χ2v) is 9.31. The lowest BCUT2D eigenvalue weighted by molar-refractivity contribution is 0.0943. The molecular formula is C21H22N4O4S. The van der Waals surface area contributed by atoms with Gasteiger partial charge in [-0.3, -0.25) is 14.1 Å². The molecule has 8 nitrogen and oxygen atoms in total. The SMILES string of the molecule is Cc1ccc(CNC(=O)c2nc(N3CCCCS3(=O)=O)c3cccnc3c2O)cc1. The molecule has 0 spiro atoms. The molecule has 3 aromatic rings. The van der Waals surface area contributed by atoms with Crippen LogP contribution < -0.4 is 9.62 Å². The highest BCUT2D eigenvalue weighted by Crippen LogP contribution is 2.34. The summed E-state index contributed by atoms with van der Waals surface area (Å²) in [7, 11) is -3.55. The summed E-state index contributed by atoms with van der Waals surface area (Å²) in [6, 6.07) is 11.0. The van der Waals surface area contributed by atoms with E-state index in [1.54, 1.807) is 12.1 Å². The van der Waals surface area contributed by atoms with Gasteiger partial charge in [0.2, 0.25) is 10.0 Å². The van der Waals surface area contributed by atoms with Crippen molar-refractivity contribution in [1.29, 1.82) is 0 Å². The number of aromatic hydroxyl groups is 1. The number of benzene rings is 1. The maximum atomic E-state index is 12.8. The van der Waals surface area contributed by atoms with Crippen LogP contribution in [0.3, 0.4) is 0 Å². The van der Waals surface area contributed by atoms with Crippen LogP contribution in [0.4, 0.5) is 5.82 Å². The summed E-state index contributed by atoms with van der Waals surface area (Å²) in [5, 5.41) is 13.8. The molecule has 156 valence electrons. The predicted octanol–water partition coefficient (Wildman–Crippen LogP) is 2.50. The topological polar surface area (TPSA) is 112 Å². The largest absolute Gasteiger partial charge is 0.504 e. The zero-order chi connectivity index (χ0) is 21.3. The number of sulfonamides is 1. The molecule has 1 aliphatic heterocycles. The van der Waals surface area contributed by atoms with Crippen molar-refractivity contribution in [2.75, 3.05) is 16.6 Å². The lowest BCUT2D eigenvalue weighted by atomic mass is 10.1. The molecule has 0 bridgehead atoms. The Balaban J connectivity index is 1.73. The third-order valence-electron chi connectivity index (χ3n) is 5.09. The highest BCUT2D eigenvalue weighted by molar-refractivity contribution is 7.92. The third-order valence-corrected chi connectivity index (χ3v) is 6.92. The van der Waals surface area contributed by atoms with E-state index >= 15 is 0 Å². The fourth-order valence-corrected chi connectivity index (χ4v) is 5.05. The van der Waals surface area contributed by atoms with Crippen LogP contribution in [-0.2, 0) is 16.6 Å². The maximum absolute atomic E-state index is 12.8. The van der Waals surface area contributed by atoms with Gasteiger partial charge in [-0.15, -0.1) is 0 Å². The molecule has 0 atom stereocenters. The summed E-state index contributed by atoms with van der Waals surface area (Å²) in [6.07, 6.45) is 2.75. The molecule has 1 aromatic carbocycles. The molecule has 1 saturated heterocycles. The highest BCUT2D eigenvalue weighted by Gasteiger charge is 2.31. The minimum Gasteiger partial charge on any atom is -0.504 e. The van der Waals surface area contributed by atoms with Gasteiger partial charge in [-0.2, -0.15) is 0 Å². The van der Waals surface area contributed by atoms with Crippen molar-refractivity contribution in [1.82, 2.24) is 15.3 Å². The van der Waals surface area contributed by atoms with Gasteiger partial charge >= 0.3 is 0 Å². The van der Waals surface area contributed by atoms with E-state index < -0.39 is 15.9 Å². The smallest absolute Gasteiger partial charge is 0.274 e. The van der Waals surface area contributed by atoms with Gasteiger partial charge in [-0.25, -0.2) is 13.4 Å². The van der Waals surface area contributed by atoms with E-state index in [1.165, 1.54) is 10.5 Å². The zero-order valence-corrected chi connectivity index (χ0v) is 17.3. The van der Waals surface area contributed by atoms with Crippen molar-refractivity contribution < 1.29 is 18.3 Å². The number of pyridine rings is 2. The van der Waals surface area contributed by atoms with E-state index in [0.717, 1.165) is 11.1 Å². The minimum atomic E-state index is -3.55. The first-order valence-corrected chi connectivity index (χ1v) is 11.3. The first-order chi connectivity index (χ1) is 14.4. The standard InChI is InChI=1S/C21H22N4O4S/c1-14-6-8-15(9-7-14)13-23-21(27)18-19(26)17-16(5-4-10-22-17)20(24-18)25-11-2-3-12-30(25,28)29/h4-10,26H,2-3,11-13H2,1H3,(H,23,27). The first-order valence-electron chi connectivity index (χ1n) is 9.68. The average Bonchev–Trinajstić information content (AvgIpc) is 2.74. The van der Waals surface area contributed by atoms with Crippen molar-refractivity contribution >= 4 is 32.7 Å². The summed E-state index contributed by atoms with van der Waals surface area (Å²) in [4.78, 5) is 21.3. The van der Waals surface area contributed by atoms with Crippen molar-refractivity contribution in [3.8, 4) is 5.75 Å². The van der Waals surface area contributed by atoms with E-state index in [4.69, 9.17) is 0 Å². The molecule has 1 fully saturated rings. The molecule has 2 N–H and O–H groups in total. The minimum absolute atomic E-state index is 0.0201. The predicted molar refractivity (Wildman–Crippen MR) is 114 cm³/mol. The summed E-state index contributed by atoms with van der Waals surface area (Å²) < 4.78 is 26.5. The van der Waals surface area contributed by atoms with E-state index in [2.05, 4.69) is 15.3 Å². The van der Waals surface area contributed by atoms with Crippen molar-refractivity contribution in [2.24, 2.45) is 0 Å². The van der Waals surface area contributed by atoms with Gasteiger partial charge in [0.05, 0.1) is 5.75 Å². The van der Waals surface area contributed by atoms with Gasteiger partial charge in [0, 0.05) is 24.7 Å². The number of hydrogen-bond donors (Lipinski definition) is 2. The Bertz CT molecular complexity index is 1210. The second kappa shape index (κ2) is 7.91. The van der Waals surface area contributed by atoms with Crippen LogP contribution in [0.1, 0.15) is 34.5 Å². The zero-order valence-electron chi connectivity index (χ0n) is 16.5. The molecule has 3 heterocycles. The molecule has 0 aliphatic carbocycles. The van der Waals surface area contributed by atoms with Gasteiger partial charge < -0.3 is 10.4 Å². The Morgan fingerprint density at radius 1 is 1.20 bits per heavy atom. The molecule has 1 amide bonds. The Labute approximate surface area is 174 Å². The molecule has 0 radical (unpaired) electrons. The number of anilines is 1. The van der Waals surface area contributed by atoms with Gasteiger partial charge in [-0.1, -0.05) is 29.8 Å². The average molecular weight is 426 g/mol. The number of hydrogen-bond acceptors (Lipinski definition) is 6. The van der Waals surface area contributed by atoms with E-state index in [1.807, 2.05) is 31.2 Å². The Morgan fingerprint density at radius 3 is 2.70 bits per heavy atom. The van der Waals surface area contributed by atoms with Crippen molar-refractivity contribution in [3.05, 3.63) is 59.4 Å². The van der Waals surface area contributed by atoms with Gasteiger partial charge in [0.1, 0.15) is 5.52 Å². The summed E-state index contributed by atoms with van der Waals surface area (Å²) in [5.41, 5.74) is 1.90. The lowest BCUT2D eigenvalue weighted by Crippen LogP contribution is -2.39. The van der Waals surface area contributed by atoms with Gasteiger partial charge in [-0.05, 0) is 37.5 Å². The van der Waals surface area contributed by atoms with Crippen molar-refractivity contribution in [2.45, 2.75) is 26.3 Å². The number of amides is 1. The summed E-state index contributed by atoms with van der Waals surface area (Å²) in [5.74, 6) is -0.829. The first kappa shape index (κ1) is 20.1. The number of carbonyl (C=O) groups is 1. The van der Waals surface area contributed by atoms with Crippen molar-refractivity contribution in [3.63, 3.8) is 0 Å². The van der Waals surface area contributed by atoms with Gasteiger partial charge in [0.15, 0.2) is 17.3 Å². The van der Waals surface area contributed by atoms with E-state index in [9.17, 15) is 18.3 Å². The highest BCUT2D eigenvalue weighted by atomic mass is 32.2. The molecule has 4 rings (SSSR count). The number of carbonyl (C=O) groups excluding carboxylic acids is 1. The molecule has 1 aliphatic rings. The van der Waals surface area contributed by atoms with Crippen LogP contribution in [0.25, 0.3) is 10.9 Å². The molecule has 2 aromatic heterocycles. The Morgan fingerprint density at radius 2 is 1.97 bits per heavy atom. The van der Waals surface area contributed by atoms with Gasteiger partial charge in [0.25, 0.3) is 5.91 Å². The monoisotopic (exact) mass is 426 g/mol. The number of aromatic nitrogens is 2. The Hall–Kier alpha value is -3.20. The van der Waals surface area contributed by atoms with Crippen LogP contribution in [0.5, 0.6) is 5.75 Å². The third kappa shape index (κ3) is 3.80. The fraction of sp³-hybridized carbons (Fsp3) is 0.286. The molecule has 30 heavy (non-hydrogen) atoms. The quantitative estimate of drug-likeness (QED) is 0.663. The summed E-state index contributed by atoms with van der Waals surface area (Å²) >= 11 is 0. The second-order valence-electron chi connectivity index (χ2n) is 7.30. The number of aryl methyl sites for hydroxylation is 1. The van der Waals surface area contributed by atoms with Crippen LogP contribution >= 0.6 is 0 Å². The van der Waals surface area contributed by atoms with Crippen LogP contribution in [0.15, 0.2) is 42.6 Å². The lowest BCUT2D eigenvalue weighted by Gasteiger charge is -2.28. The number of rotatable bonds is 4. The molecule has 0 saturated carbocycles. The number of nitrogens with zero attached hydrogens (tertiary/aromatic N) is 3. The molecular weight excluding hydrogens is 404 g/mol. The fourth-order valence-electron chi connectivity index (χ4n) is 3.45. The normalized spacial score (nSPS) is 15.8. The van der Waals surface area contributed by atoms with E-state index in [0.29, 0.717) is 18.2 Å². The number of nitrogens with one attached hydrogen (secondary N) is 1. The number of fused-ring (bicyclic) bond motifs is 1.